The number of rotatable bonds is 8. The van der Waals surface area contributed by atoms with Gasteiger partial charge in [-0.15, -0.1) is 0 Å². The molecule has 3 aromatic rings. The van der Waals surface area contributed by atoms with Crippen LogP contribution < -0.4 is 30.3 Å². The van der Waals surface area contributed by atoms with E-state index in [9.17, 15) is 22.8 Å². The number of nitrogen functional groups attached to an aromatic ring is 1. The normalized spacial score (nSPS) is 14.1. The zero-order chi connectivity index (χ0) is 30.1. The first-order chi connectivity index (χ1) is 19.1. The fraction of sp³-hybridized carbons (Fsp3) is 0.346. The van der Waals surface area contributed by atoms with Crippen LogP contribution in [-0.2, 0) is 9.59 Å². The molecule has 0 radical (unpaired) electrons. The van der Waals surface area contributed by atoms with Crippen molar-refractivity contribution in [2.45, 2.75) is 25.6 Å². The van der Waals surface area contributed by atoms with E-state index in [0.29, 0.717) is 11.4 Å². The van der Waals surface area contributed by atoms with E-state index in [0.717, 1.165) is 0 Å². The Morgan fingerprint density at radius 2 is 1.90 bits per heavy atom. The van der Waals surface area contributed by atoms with Gasteiger partial charge in [0, 0.05) is 26.8 Å². The van der Waals surface area contributed by atoms with E-state index in [1.54, 1.807) is 59.3 Å². The van der Waals surface area contributed by atoms with Gasteiger partial charge in [-0.05, 0) is 44.2 Å². The van der Waals surface area contributed by atoms with E-state index in [2.05, 4.69) is 20.3 Å². The minimum Gasteiger partial charge on any atom is -0.472 e. The number of carbonyl (C=O) groups excluding carboxylic acids is 2. The molecular weight excluding hydrogens is 545 g/mol. The molecule has 1 aliphatic rings. The van der Waals surface area contributed by atoms with Gasteiger partial charge in [0.25, 0.3) is 5.91 Å². The molecule has 0 atom stereocenters. The van der Waals surface area contributed by atoms with Crippen molar-refractivity contribution in [3.8, 4) is 11.6 Å². The van der Waals surface area contributed by atoms with E-state index in [1.165, 1.54) is 33.0 Å². The maximum atomic E-state index is 13.4. The van der Waals surface area contributed by atoms with Crippen LogP contribution in [0, 0.1) is 0 Å². The molecule has 12 nitrogen and oxygen atoms in total. The van der Waals surface area contributed by atoms with Crippen molar-refractivity contribution in [3.63, 3.8) is 0 Å². The van der Waals surface area contributed by atoms with Gasteiger partial charge in [-0.2, -0.15) is 23.1 Å². The summed E-state index contributed by atoms with van der Waals surface area (Å²) in [4.78, 5) is 42.5. The van der Waals surface area contributed by atoms with Crippen molar-refractivity contribution in [3.05, 3.63) is 42.6 Å². The fourth-order valence-corrected chi connectivity index (χ4v) is 3.79. The minimum absolute atomic E-state index is 0.0178. The quantitative estimate of drug-likeness (QED) is 0.384. The highest BCUT2D eigenvalue weighted by molar-refractivity contribution is 6.07. The Balaban J connectivity index is 1.70. The monoisotopic (exact) mass is 574 g/mol. The van der Waals surface area contributed by atoms with Crippen LogP contribution in [0.5, 0.6) is 11.6 Å². The molecule has 4 rings (SSSR count). The summed E-state index contributed by atoms with van der Waals surface area (Å²) in [5.41, 5.74) is 5.57. The fourth-order valence-electron chi connectivity index (χ4n) is 3.79. The number of halogens is 3. The molecule has 0 saturated carbocycles. The Bertz CT molecular complexity index is 1460. The lowest BCUT2D eigenvalue weighted by molar-refractivity contribution is -0.153. The first-order valence-electron chi connectivity index (χ1n) is 12.3. The van der Waals surface area contributed by atoms with Crippen molar-refractivity contribution in [1.82, 2.24) is 19.9 Å². The number of aromatic nitrogens is 3. The lowest BCUT2D eigenvalue weighted by Crippen LogP contribution is -2.51. The molecule has 3 N–H and O–H groups in total. The number of nitrogens with zero attached hydrogens (tertiary/aromatic N) is 6. The number of benzene rings is 1. The average molecular weight is 575 g/mol. The van der Waals surface area contributed by atoms with Crippen molar-refractivity contribution in [2.24, 2.45) is 0 Å². The second kappa shape index (κ2) is 11.0. The number of nitrogens with one attached hydrogen (secondary N) is 1. The second-order valence-corrected chi connectivity index (χ2v) is 9.92. The highest BCUT2D eigenvalue weighted by Crippen LogP contribution is 2.41. The van der Waals surface area contributed by atoms with Crippen molar-refractivity contribution < 1.29 is 32.2 Å². The smallest absolute Gasteiger partial charge is 0.422 e. The summed E-state index contributed by atoms with van der Waals surface area (Å²) in [7, 11) is 4.74. The summed E-state index contributed by atoms with van der Waals surface area (Å²) < 4.78 is 49.9. The van der Waals surface area contributed by atoms with Crippen molar-refractivity contribution in [2.75, 3.05) is 55.1 Å². The van der Waals surface area contributed by atoms with Gasteiger partial charge in [0.1, 0.15) is 11.5 Å². The van der Waals surface area contributed by atoms with Gasteiger partial charge in [0.05, 0.1) is 18.4 Å². The first-order valence-corrected chi connectivity index (χ1v) is 12.3. The summed E-state index contributed by atoms with van der Waals surface area (Å²) in [6, 6.07) is 9.55. The molecule has 2 aromatic heterocycles. The maximum absolute atomic E-state index is 13.4. The molecule has 1 aromatic carbocycles. The molecule has 0 bridgehead atoms. The van der Waals surface area contributed by atoms with Gasteiger partial charge in [0.15, 0.2) is 23.8 Å². The third-order valence-corrected chi connectivity index (χ3v) is 5.89. The van der Waals surface area contributed by atoms with Gasteiger partial charge < -0.3 is 30.3 Å². The largest absolute Gasteiger partial charge is 0.472 e. The van der Waals surface area contributed by atoms with E-state index >= 15 is 0 Å². The predicted octanol–water partition coefficient (Wildman–Crippen LogP) is 3.50. The van der Waals surface area contributed by atoms with E-state index in [-0.39, 0.29) is 41.5 Å². The van der Waals surface area contributed by atoms with Crippen LogP contribution in [0.25, 0.3) is 0 Å². The van der Waals surface area contributed by atoms with Gasteiger partial charge in [-0.3, -0.25) is 14.5 Å². The number of amides is 2. The molecule has 1 aliphatic heterocycles. The lowest BCUT2D eigenvalue weighted by atomic mass is 10.0. The zero-order valence-electron chi connectivity index (χ0n) is 23.0. The number of alkyl halides is 3. The van der Waals surface area contributed by atoms with Crippen LogP contribution in [0.1, 0.15) is 13.8 Å². The highest BCUT2D eigenvalue weighted by Gasteiger charge is 2.43. The first kappa shape index (κ1) is 29.2. The van der Waals surface area contributed by atoms with Crippen molar-refractivity contribution in [1.29, 1.82) is 0 Å². The number of carbonyl (C=O) groups is 2. The van der Waals surface area contributed by atoms with Crippen LogP contribution in [0.2, 0.25) is 0 Å². The lowest BCUT2D eigenvalue weighted by Gasteiger charge is -2.37. The van der Waals surface area contributed by atoms with Crippen LogP contribution in [-0.4, -0.2) is 77.7 Å². The molecular formula is C26H29F3N8O4. The number of ether oxygens (including phenoxy) is 2. The minimum atomic E-state index is -4.63. The topological polar surface area (TPSA) is 139 Å². The summed E-state index contributed by atoms with van der Waals surface area (Å²) in [6.07, 6.45) is -3.29. The number of anilines is 6. The average Bonchev–Trinajstić information content (AvgIpc) is 2.88. The standard InChI is InChI=1S/C26H29F3N8O4/c1-25(2)23(39)37(16-8-6-7-15(30)11-16)21-18(41-25)12-31-24(34-21)32-17-9-10-19(36(5)13-20(38)35(3)4)33-22(17)40-14-26(27,28)29/h6-12H,13-14,30H2,1-5H3,(H,31,32,34). The summed E-state index contributed by atoms with van der Waals surface area (Å²) in [6.45, 7) is 1.53. The number of hydrogen-bond acceptors (Lipinski definition) is 10. The molecule has 0 aliphatic carbocycles. The molecule has 0 saturated heterocycles. The Hall–Kier alpha value is -4.82. The predicted molar refractivity (Wildman–Crippen MR) is 146 cm³/mol. The summed E-state index contributed by atoms with van der Waals surface area (Å²) in [5, 5.41) is 2.81. The van der Waals surface area contributed by atoms with Gasteiger partial charge >= 0.3 is 6.18 Å². The maximum Gasteiger partial charge on any atom is 0.422 e. The number of hydrogen-bond donors (Lipinski definition) is 2. The molecule has 0 fully saturated rings. The molecule has 0 spiro atoms. The van der Waals surface area contributed by atoms with E-state index < -0.39 is 30.2 Å². The number of likely N-dealkylation sites (N-methyl/N-ethyl adjacent to an activating group) is 2. The zero-order valence-corrected chi connectivity index (χ0v) is 23.0. The molecule has 41 heavy (non-hydrogen) atoms. The Kier molecular flexibility index (Phi) is 7.81. The van der Waals surface area contributed by atoms with Crippen LogP contribution in [0.3, 0.4) is 0 Å². The highest BCUT2D eigenvalue weighted by atomic mass is 19.4. The van der Waals surface area contributed by atoms with Crippen LogP contribution in [0.4, 0.5) is 47.8 Å². The van der Waals surface area contributed by atoms with Crippen LogP contribution in [0.15, 0.2) is 42.6 Å². The summed E-state index contributed by atoms with van der Waals surface area (Å²) >= 11 is 0. The molecule has 2 amide bonds. The van der Waals surface area contributed by atoms with E-state index in [4.69, 9.17) is 15.2 Å². The molecule has 0 unspecified atom stereocenters. The van der Waals surface area contributed by atoms with Gasteiger partial charge in [-0.25, -0.2) is 4.98 Å². The Labute approximate surface area is 233 Å². The van der Waals surface area contributed by atoms with Gasteiger partial charge in [-0.1, -0.05) is 6.07 Å². The third-order valence-electron chi connectivity index (χ3n) is 5.89. The van der Waals surface area contributed by atoms with Crippen LogP contribution >= 0.6 is 0 Å². The van der Waals surface area contributed by atoms with E-state index in [1.807, 2.05) is 0 Å². The number of fused-ring (bicyclic) bond motifs is 1. The molecule has 3 heterocycles. The van der Waals surface area contributed by atoms with Gasteiger partial charge in [0.2, 0.25) is 17.7 Å². The van der Waals surface area contributed by atoms with Crippen molar-refractivity contribution >= 4 is 46.5 Å². The Morgan fingerprint density at radius 3 is 2.56 bits per heavy atom. The molecule has 15 heteroatoms. The third kappa shape index (κ3) is 6.67. The Morgan fingerprint density at radius 1 is 1.17 bits per heavy atom. The second-order valence-electron chi connectivity index (χ2n) is 9.92. The SMILES string of the molecule is CN(C)C(=O)CN(C)c1ccc(Nc2ncc3c(n2)N(c2cccc(N)c2)C(=O)C(C)(C)O3)c(OCC(F)(F)F)n1. The number of pyridine rings is 1. The number of nitrogens with two attached hydrogens (primary N) is 1. The molecule has 218 valence electrons. The summed E-state index contributed by atoms with van der Waals surface area (Å²) in [5.74, 6) is -0.623.